The Balaban J connectivity index is 0.00000320. The third-order valence-corrected chi connectivity index (χ3v) is 5.42. The van der Waals surface area contributed by atoms with Crippen molar-refractivity contribution in [1.82, 2.24) is 0 Å². The van der Waals surface area contributed by atoms with Gasteiger partial charge in [0.2, 0.25) is 5.91 Å². The first-order chi connectivity index (χ1) is 13.9. The minimum Gasteiger partial charge on any atom is -0.550 e. The fourth-order valence-electron chi connectivity index (χ4n) is 3.15. The number of carboxylic acids is 1. The second-order valence-corrected chi connectivity index (χ2v) is 7.41. The summed E-state index contributed by atoms with van der Waals surface area (Å²) in [4.78, 5) is 36.7. The summed E-state index contributed by atoms with van der Waals surface area (Å²) in [6.07, 6.45) is 4.03. The molecule has 0 aromatic heterocycles. The van der Waals surface area contributed by atoms with Crippen molar-refractivity contribution in [2.45, 2.75) is 12.8 Å². The molecule has 2 N–H and O–H groups in total. The minimum atomic E-state index is -1.26. The average molecular weight is 455 g/mol. The zero-order valence-corrected chi connectivity index (χ0v) is 19.7. The van der Waals surface area contributed by atoms with Crippen molar-refractivity contribution < 1.29 is 49.0 Å². The van der Waals surface area contributed by atoms with Crippen LogP contribution in [-0.4, -0.2) is 17.8 Å². The van der Waals surface area contributed by atoms with E-state index in [0.717, 1.165) is 0 Å². The van der Waals surface area contributed by atoms with Gasteiger partial charge in [0.05, 0.1) is 27.2 Å². The van der Waals surface area contributed by atoms with Crippen LogP contribution in [-0.2, 0) is 9.59 Å². The SMILES string of the molecule is O=C(Nc1ccc(Cl)c(Cl)c1)c1ccccc1NC(=O)C1CC=CCC1C(=O)[O-].[Na+]. The average Bonchev–Trinajstić information content (AvgIpc) is 2.71. The van der Waals surface area contributed by atoms with Crippen molar-refractivity contribution in [3.63, 3.8) is 0 Å². The van der Waals surface area contributed by atoms with Gasteiger partial charge in [-0.1, -0.05) is 47.5 Å². The molecule has 0 fully saturated rings. The molecule has 1 aliphatic rings. The number of halogens is 2. The predicted molar refractivity (Wildman–Crippen MR) is 110 cm³/mol. The van der Waals surface area contributed by atoms with Crippen LogP contribution in [0.5, 0.6) is 0 Å². The minimum absolute atomic E-state index is 0. The van der Waals surface area contributed by atoms with Crippen LogP contribution in [0.2, 0.25) is 10.0 Å². The van der Waals surface area contributed by atoms with Gasteiger partial charge in [0.25, 0.3) is 5.91 Å². The van der Waals surface area contributed by atoms with Gasteiger partial charge >= 0.3 is 29.6 Å². The monoisotopic (exact) mass is 454 g/mol. The Bertz CT molecular complexity index is 997. The van der Waals surface area contributed by atoms with E-state index in [2.05, 4.69) is 10.6 Å². The molecule has 0 radical (unpaired) electrons. The molecule has 1 aliphatic carbocycles. The fraction of sp³-hybridized carbons (Fsp3) is 0.190. The molecule has 0 saturated heterocycles. The normalized spacial score (nSPS) is 17.5. The molecule has 150 valence electrons. The van der Waals surface area contributed by atoms with Crippen LogP contribution >= 0.6 is 23.2 Å². The fourth-order valence-corrected chi connectivity index (χ4v) is 3.45. The Hall–Kier alpha value is -1.83. The van der Waals surface area contributed by atoms with Gasteiger partial charge < -0.3 is 20.5 Å². The number of hydrogen-bond acceptors (Lipinski definition) is 4. The zero-order valence-electron chi connectivity index (χ0n) is 16.2. The molecule has 2 atom stereocenters. The van der Waals surface area contributed by atoms with Crippen LogP contribution in [0.15, 0.2) is 54.6 Å². The molecule has 0 spiro atoms. The number of carboxylic acid groups (broad SMARTS) is 1. The molecular weight excluding hydrogens is 438 g/mol. The van der Waals surface area contributed by atoms with Gasteiger partial charge in [-0.05, 0) is 43.2 Å². The van der Waals surface area contributed by atoms with Crippen LogP contribution in [0.1, 0.15) is 23.2 Å². The van der Waals surface area contributed by atoms with Gasteiger partial charge in [-0.2, -0.15) is 0 Å². The second-order valence-electron chi connectivity index (χ2n) is 6.59. The Kier molecular flexibility index (Phi) is 8.94. The van der Waals surface area contributed by atoms with Gasteiger partial charge in [0.1, 0.15) is 0 Å². The number of carbonyl (C=O) groups is 3. The molecule has 2 aromatic carbocycles. The summed E-state index contributed by atoms with van der Waals surface area (Å²) >= 11 is 11.9. The van der Waals surface area contributed by atoms with Crippen LogP contribution in [0.25, 0.3) is 0 Å². The number of anilines is 2. The topological polar surface area (TPSA) is 98.3 Å². The van der Waals surface area contributed by atoms with Crippen molar-refractivity contribution in [2.24, 2.45) is 11.8 Å². The predicted octanol–water partition coefficient (Wildman–Crippen LogP) is 0.520. The molecule has 0 aliphatic heterocycles. The van der Waals surface area contributed by atoms with Crippen LogP contribution < -0.4 is 45.3 Å². The summed E-state index contributed by atoms with van der Waals surface area (Å²) in [6.45, 7) is 0. The van der Waals surface area contributed by atoms with Crippen LogP contribution in [0.3, 0.4) is 0 Å². The molecule has 2 unspecified atom stereocenters. The molecule has 0 bridgehead atoms. The summed E-state index contributed by atoms with van der Waals surface area (Å²) in [7, 11) is 0. The van der Waals surface area contributed by atoms with Crippen LogP contribution in [0, 0.1) is 11.8 Å². The number of hydrogen-bond donors (Lipinski definition) is 2. The summed E-state index contributed by atoms with van der Waals surface area (Å²) in [5.74, 6) is -3.87. The first-order valence-electron chi connectivity index (χ1n) is 8.89. The Morgan fingerprint density at radius 3 is 2.23 bits per heavy atom. The number of benzene rings is 2. The molecule has 3 rings (SSSR count). The number of para-hydroxylation sites is 1. The van der Waals surface area contributed by atoms with Crippen molar-refractivity contribution >= 4 is 52.4 Å². The smallest absolute Gasteiger partial charge is 0.550 e. The van der Waals surface area contributed by atoms with E-state index in [1.165, 1.54) is 6.07 Å². The summed E-state index contributed by atoms with van der Waals surface area (Å²) in [6, 6.07) is 11.1. The van der Waals surface area contributed by atoms with Crippen molar-refractivity contribution in [1.29, 1.82) is 0 Å². The summed E-state index contributed by atoms with van der Waals surface area (Å²) in [5.41, 5.74) is 0.949. The molecule has 2 aromatic rings. The second kappa shape index (κ2) is 11.0. The number of aliphatic carboxylic acids is 1. The number of amides is 2. The maximum atomic E-state index is 12.7. The first kappa shape index (κ1) is 24.4. The van der Waals surface area contributed by atoms with E-state index >= 15 is 0 Å². The van der Waals surface area contributed by atoms with Gasteiger partial charge in [0, 0.05) is 17.6 Å². The van der Waals surface area contributed by atoms with E-state index in [4.69, 9.17) is 23.2 Å². The molecular formula is C21H17Cl2N2NaO4. The van der Waals surface area contributed by atoms with E-state index in [9.17, 15) is 19.5 Å². The van der Waals surface area contributed by atoms with Crippen molar-refractivity contribution in [3.8, 4) is 0 Å². The van der Waals surface area contributed by atoms with Gasteiger partial charge in [-0.15, -0.1) is 0 Å². The summed E-state index contributed by atoms with van der Waals surface area (Å²) in [5, 5.41) is 17.4. The third kappa shape index (κ3) is 5.86. The number of carbonyl (C=O) groups excluding carboxylic acids is 3. The maximum absolute atomic E-state index is 12.7. The Labute approximate surface area is 205 Å². The molecule has 0 saturated carbocycles. The van der Waals surface area contributed by atoms with Gasteiger partial charge in [-0.3, -0.25) is 9.59 Å². The number of allylic oxidation sites excluding steroid dienone is 2. The van der Waals surface area contributed by atoms with E-state index in [1.807, 2.05) is 0 Å². The van der Waals surface area contributed by atoms with Crippen molar-refractivity contribution in [2.75, 3.05) is 10.6 Å². The van der Waals surface area contributed by atoms with Gasteiger partial charge in [0.15, 0.2) is 0 Å². The van der Waals surface area contributed by atoms with E-state index in [-0.39, 0.29) is 47.2 Å². The van der Waals surface area contributed by atoms with Gasteiger partial charge in [-0.25, -0.2) is 0 Å². The van der Waals surface area contributed by atoms with E-state index < -0.39 is 29.6 Å². The summed E-state index contributed by atoms with van der Waals surface area (Å²) < 4.78 is 0. The number of nitrogens with one attached hydrogen (secondary N) is 2. The first-order valence-corrected chi connectivity index (χ1v) is 9.64. The third-order valence-electron chi connectivity index (χ3n) is 4.68. The molecule has 2 amide bonds. The van der Waals surface area contributed by atoms with E-state index in [0.29, 0.717) is 22.2 Å². The quantitative estimate of drug-likeness (QED) is 0.508. The van der Waals surface area contributed by atoms with Crippen molar-refractivity contribution in [3.05, 3.63) is 70.2 Å². The zero-order chi connectivity index (χ0) is 21.0. The molecule has 30 heavy (non-hydrogen) atoms. The molecule has 6 nitrogen and oxygen atoms in total. The Morgan fingerprint density at radius 2 is 1.57 bits per heavy atom. The largest absolute Gasteiger partial charge is 1.00 e. The van der Waals surface area contributed by atoms with E-state index in [1.54, 1.807) is 48.6 Å². The molecule has 0 heterocycles. The standard InChI is InChI=1S/C21H18Cl2N2O4.Na/c22-16-10-9-12(11-17(16)23)24-20(27)15-7-3-4-8-18(15)25-19(26)13-5-1-2-6-14(13)21(28)29;/h1-4,7-11,13-14H,5-6H2,(H,24,27)(H,25,26)(H,28,29);/q;+1/p-1. The number of rotatable bonds is 5. The Morgan fingerprint density at radius 1 is 0.900 bits per heavy atom. The maximum Gasteiger partial charge on any atom is 1.00 e. The molecule has 9 heteroatoms. The van der Waals surface area contributed by atoms with Crippen LogP contribution in [0.4, 0.5) is 11.4 Å².